The standard InChI is InChI=1S/C8H6Cl2O4S/c1-15(12,13)14-8-5(4-11)2-6(9)3-7(8)10/h2-4H,1H3. The fourth-order valence-electron chi connectivity index (χ4n) is 0.907. The molecule has 0 spiro atoms. The zero-order chi connectivity index (χ0) is 11.6. The van der Waals surface area contributed by atoms with Crippen LogP contribution in [0.3, 0.4) is 0 Å². The Labute approximate surface area is 96.9 Å². The van der Waals surface area contributed by atoms with Crippen molar-refractivity contribution in [2.24, 2.45) is 0 Å². The van der Waals surface area contributed by atoms with Crippen LogP contribution in [0.1, 0.15) is 10.4 Å². The lowest BCUT2D eigenvalue weighted by Gasteiger charge is -2.07. The van der Waals surface area contributed by atoms with Gasteiger partial charge in [-0.1, -0.05) is 23.2 Å². The van der Waals surface area contributed by atoms with Crippen molar-refractivity contribution in [1.29, 1.82) is 0 Å². The molecule has 0 bridgehead atoms. The summed E-state index contributed by atoms with van der Waals surface area (Å²) < 4.78 is 26.3. The Morgan fingerprint density at radius 1 is 1.33 bits per heavy atom. The first kappa shape index (κ1) is 12.3. The first-order valence-corrected chi connectivity index (χ1v) is 6.24. The van der Waals surface area contributed by atoms with Crippen LogP contribution in [-0.2, 0) is 10.1 Å². The van der Waals surface area contributed by atoms with E-state index >= 15 is 0 Å². The van der Waals surface area contributed by atoms with Gasteiger partial charge in [-0.3, -0.25) is 4.79 Å². The smallest absolute Gasteiger partial charge is 0.306 e. The molecule has 4 nitrogen and oxygen atoms in total. The molecule has 0 aliphatic rings. The number of benzene rings is 1. The van der Waals surface area contributed by atoms with Gasteiger partial charge in [0.2, 0.25) is 0 Å². The summed E-state index contributed by atoms with van der Waals surface area (Å²) in [7, 11) is -3.73. The van der Waals surface area contributed by atoms with Crippen molar-refractivity contribution in [2.45, 2.75) is 0 Å². The van der Waals surface area contributed by atoms with E-state index in [4.69, 9.17) is 23.2 Å². The van der Waals surface area contributed by atoms with Crippen molar-refractivity contribution in [3.05, 3.63) is 27.7 Å². The number of halogens is 2. The van der Waals surface area contributed by atoms with E-state index in [0.717, 1.165) is 6.26 Å². The lowest BCUT2D eigenvalue weighted by molar-refractivity contribution is 0.112. The molecule has 0 unspecified atom stereocenters. The van der Waals surface area contributed by atoms with Crippen LogP contribution in [0.15, 0.2) is 12.1 Å². The Hall–Kier alpha value is -0.780. The van der Waals surface area contributed by atoms with Crippen LogP contribution in [0.25, 0.3) is 0 Å². The lowest BCUT2D eigenvalue weighted by Crippen LogP contribution is -2.08. The minimum Gasteiger partial charge on any atom is -0.380 e. The van der Waals surface area contributed by atoms with Gasteiger partial charge >= 0.3 is 10.1 Å². The average molecular weight is 269 g/mol. The molecule has 0 atom stereocenters. The average Bonchev–Trinajstić information content (AvgIpc) is 2.07. The van der Waals surface area contributed by atoms with Gasteiger partial charge in [0.25, 0.3) is 0 Å². The predicted molar refractivity (Wildman–Crippen MR) is 57.3 cm³/mol. The largest absolute Gasteiger partial charge is 0.380 e. The molecule has 1 rings (SSSR count). The van der Waals surface area contributed by atoms with Crippen LogP contribution in [0, 0.1) is 0 Å². The maximum Gasteiger partial charge on any atom is 0.306 e. The Morgan fingerprint density at radius 2 is 1.93 bits per heavy atom. The highest BCUT2D eigenvalue weighted by Gasteiger charge is 2.14. The summed E-state index contributed by atoms with van der Waals surface area (Å²) >= 11 is 11.3. The first-order valence-electron chi connectivity index (χ1n) is 3.67. The molecule has 0 aromatic heterocycles. The van der Waals surface area contributed by atoms with E-state index in [0.29, 0.717) is 6.29 Å². The first-order chi connectivity index (χ1) is 6.83. The molecule has 82 valence electrons. The molecule has 0 aliphatic heterocycles. The molecule has 0 N–H and O–H groups in total. The van der Waals surface area contributed by atoms with Gasteiger partial charge in [0.1, 0.15) is 0 Å². The number of rotatable bonds is 3. The fraction of sp³-hybridized carbons (Fsp3) is 0.125. The lowest BCUT2D eigenvalue weighted by atomic mass is 10.2. The van der Waals surface area contributed by atoms with E-state index in [1.165, 1.54) is 12.1 Å². The highest BCUT2D eigenvalue weighted by Crippen LogP contribution is 2.32. The maximum atomic E-state index is 10.9. The van der Waals surface area contributed by atoms with E-state index in [-0.39, 0.29) is 21.4 Å². The Bertz CT molecular complexity index is 496. The van der Waals surface area contributed by atoms with E-state index in [1.54, 1.807) is 0 Å². The topological polar surface area (TPSA) is 60.4 Å². The van der Waals surface area contributed by atoms with E-state index in [2.05, 4.69) is 4.18 Å². The molecule has 1 aromatic rings. The zero-order valence-corrected chi connectivity index (χ0v) is 9.86. The summed E-state index contributed by atoms with van der Waals surface area (Å²) in [5, 5.41) is 0.193. The normalized spacial score (nSPS) is 11.1. The molecule has 15 heavy (non-hydrogen) atoms. The van der Waals surface area contributed by atoms with Crippen LogP contribution in [-0.4, -0.2) is 21.0 Å². The van der Waals surface area contributed by atoms with Crippen molar-refractivity contribution in [3.8, 4) is 5.75 Å². The van der Waals surface area contributed by atoms with Gasteiger partial charge in [0.15, 0.2) is 12.0 Å². The van der Waals surface area contributed by atoms with Crippen LogP contribution in [0.4, 0.5) is 0 Å². The zero-order valence-electron chi connectivity index (χ0n) is 7.53. The van der Waals surface area contributed by atoms with Gasteiger partial charge < -0.3 is 4.18 Å². The van der Waals surface area contributed by atoms with Gasteiger partial charge in [-0.25, -0.2) is 0 Å². The number of carbonyl (C=O) groups is 1. The minimum absolute atomic E-state index is 0.0158. The summed E-state index contributed by atoms with van der Waals surface area (Å²) in [6, 6.07) is 2.55. The van der Waals surface area contributed by atoms with Crippen molar-refractivity contribution in [2.75, 3.05) is 6.26 Å². The summed E-state index contributed by atoms with van der Waals surface area (Å²) in [4.78, 5) is 10.6. The molecule has 0 aliphatic carbocycles. The number of hydrogen-bond acceptors (Lipinski definition) is 4. The minimum atomic E-state index is -3.73. The molecular weight excluding hydrogens is 263 g/mol. The molecular formula is C8H6Cl2O4S. The molecule has 0 radical (unpaired) electrons. The van der Waals surface area contributed by atoms with Crippen molar-refractivity contribution in [3.63, 3.8) is 0 Å². The van der Waals surface area contributed by atoms with E-state index in [1.807, 2.05) is 0 Å². The summed E-state index contributed by atoms with van der Waals surface area (Å²) in [5.74, 6) is -0.210. The third-order valence-corrected chi connectivity index (χ3v) is 2.37. The fourth-order valence-corrected chi connectivity index (χ4v) is 1.99. The predicted octanol–water partition coefficient (Wildman–Crippen LogP) is 2.14. The third-order valence-electron chi connectivity index (χ3n) is 1.40. The summed E-state index contributed by atoms with van der Waals surface area (Å²) in [5.41, 5.74) is -0.0158. The second kappa shape index (κ2) is 4.38. The molecule has 7 heteroatoms. The second-order valence-corrected chi connectivity index (χ2v) is 5.13. The van der Waals surface area contributed by atoms with Crippen LogP contribution in [0.2, 0.25) is 10.0 Å². The van der Waals surface area contributed by atoms with Crippen molar-refractivity contribution in [1.82, 2.24) is 0 Å². The molecule has 1 aromatic carbocycles. The molecule has 0 heterocycles. The highest BCUT2D eigenvalue weighted by molar-refractivity contribution is 7.86. The summed E-state index contributed by atoms with van der Waals surface area (Å²) in [6.07, 6.45) is 1.27. The van der Waals surface area contributed by atoms with Crippen molar-refractivity contribution < 1.29 is 17.4 Å². The number of hydrogen-bond donors (Lipinski definition) is 0. The number of carbonyl (C=O) groups excluding carboxylic acids is 1. The SMILES string of the molecule is CS(=O)(=O)Oc1c(Cl)cc(Cl)cc1C=O. The molecule has 0 saturated carbocycles. The Kier molecular flexibility index (Phi) is 3.59. The van der Waals surface area contributed by atoms with Gasteiger partial charge in [0.05, 0.1) is 16.8 Å². The van der Waals surface area contributed by atoms with Crippen LogP contribution >= 0.6 is 23.2 Å². The van der Waals surface area contributed by atoms with Crippen LogP contribution < -0.4 is 4.18 Å². The van der Waals surface area contributed by atoms with E-state index in [9.17, 15) is 13.2 Å². The van der Waals surface area contributed by atoms with Crippen LogP contribution in [0.5, 0.6) is 5.75 Å². The number of aldehydes is 1. The molecule has 0 saturated heterocycles. The third kappa shape index (κ3) is 3.37. The maximum absolute atomic E-state index is 10.9. The Morgan fingerprint density at radius 3 is 2.40 bits per heavy atom. The van der Waals surface area contributed by atoms with Gasteiger partial charge in [0, 0.05) is 5.02 Å². The Balaban J connectivity index is 3.33. The quantitative estimate of drug-likeness (QED) is 0.623. The van der Waals surface area contributed by atoms with Gasteiger partial charge in [-0.2, -0.15) is 8.42 Å². The second-order valence-electron chi connectivity index (χ2n) is 2.71. The monoisotopic (exact) mass is 268 g/mol. The van der Waals surface area contributed by atoms with E-state index < -0.39 is 10.1 Å². The van der Waals surface area contributed by atoms with Crippen molar-refractivity contribution >= 4 is 39.6 Å². The van der Waals surface area contributed by atoms with Gasteiger partial charge in [-0.05, 0) is 12.1 Å². The molecule has 0 amide bonds. The highest BCUT2D eigenvalue weighted by atomic mass is 35.5. The van der Waals surface area contributed by atoms with Gasteiger partial charge in [-0.15, -0.1) is 0 Å². The summed E-state index contributed by atoms with van der Waals surface area (Å²) in [6.45, 7) is 0. The molecule has 0 fully saturated rings.